The molecule has 0 bridgehead atoms. The van der Waals surface area contributed by atoms with Gasteiger partial charge in [0.2, 0.25) is 0 Å². The van der Waals surface area contributed by atoms with E-state index in [0.29, 0.717) is 0 Å². The lowest BCUT2D eigenvalue weighted by Gasteiger charge is -2.21. The number of hydrogen-bond donors (Lipinski definition) is 0. The second kappa shape index (κ2) is 6.21. The Kier molecular flexibility index (Phi) is 4.36. The van der Waals surface area contributed by atoms with E-state index in [9.17, 15) is 0 Å². The molecule has 0 unspecified atom stereocenters. The predicted molar refractivity (Wildman–Crippen MR) is 88.0 cm³/mol. The van der Waals surface area contributed by atoms with Gasteiger partial charge < -0.3 is 4.74 Å². The number of rotatable bonds is 2. The summed E-state index contributed by atoms with van der Waals surface area (Å²) in [5, 5.41) is 0. The zero-order valence-electron chi connectivity index (χ0n) is 12.6. The maximum atomic E-state index is 5.82. The summed E-state index contributed by atoms with van der Waals surface area (Å²) in [6, 6.07) is 16.1. The van der Waals surface area contributed by atoms with Gasteiger partial charge in [0, 0.05) is 5.56 Å². The fourth-order valence-electron chi connectivity index (χ4n) is 1.92. The summed E-state index contributed by atoms with van der Waals surface area (Å²) in [6.07, 6.45) is 5.12. The Balaban J connectivity index is 2.17. The van der Waals surface area contributed by atoms with Crippen molar-refractivity contribution in [3.63, 3.8) is 0 Å². The highest BCUT2D eigenvalue weighted by molar-refractivity contribution is 5.65. The highest BCUT2D eigenvalue weighted by Crippen LogP contribution is 2.24. The van der Waals surface area contributed by atoms with Crippen molar-refractivity contribution in [3.05, 3.63) is 54.1 Å². The molecule has 0 heterocycles. The fourth-order valence-corrected chi connectivity index (χ4v) is 1.92. The topological polar surface area (TPSA) is 9.23 Å². The zero-order chi connectivity index (χ0) is 15.3. The minimum atomic E-state index is -0.182. The molecule has 0 atom stereocenters. The van der Waals surface area contributed by atoms with Crippen molar-refractivity contribution < 1.29 is 4.74 Å². The van der Waals surface area contributed by atoms with Gasteiger partial charge in [-0.1, -0.05) is 30.2 Å². The van der Waals surface area contributed by atoms with Crippen LogP contribution in [0.2, 0.25) is 0 Å². The van der Waals surface area contributed by atoms with E-state index >= 15 is 0 Å². The second-order valence-electron chi connectivity index (χ2n) is 5.71. The second-order valence-corrected chi connectivity index (χ2v) is 5.71. The molecule has 0 fully saturated rings. The van der Waals surface area contributed by atoms with Crippen molar-refractivity contribution in [3.8, 4) is 41.1 Å². The molecular weight excluding hydrogens is 256 g/mol. The molecule has 1 nitrogen and oxygen atoms in total. The van der Waals surface area contributed by atoms with E-state index in [1.807, 2.05) is 57.2 Å². The van der Waals surface area contributed by atoms with Gasteiger partial charge in [-0.2, -0.15) is 0 Å². The molecule has 104 valence electrons. The molecule has 0 aliphatic carbocycles. The Morgan fingerprint density at radius 3 is 1.86 bits per heavy atom. The van der Waals surface area contributed by atoms with Crippen molar-refractivity contribution in [1.82, 2.24) is 0 Å². The number of benzene rings is 2. The number of hydrogen-bond acceptors (Lipinski definition) is 1. The average molecular weight is 274 g/mol. The first-order valence-electron chi connectivity index (χ1n) is 6.84. The first-order chi connectivity index (χ1) is 9.98. The minimum Gasteiger partial charge on any atom is -0.488 e. The summed E-state index contributed by atoms with van der Waals surface area (Å²) in [6.45, 7) is 6.12. The Morgan fingerprint density at radius 2 is 1.38 bits per heavy atom. The van der Waals surface area contributed by atoms with Crippen LogP contribution in [-0.2, 0) is 0 Å². The third-order valence-electron chi connectivity index (χ3n) is 2.78. The molecule has 21 heavy (non-hydrogen) atoms. The first-order valence-corrected chi connectivity index (χ1v) is 6.84. The first kappa shape index (κ1) is 14.8. The van der Waals surface area contributed by atoms with E-state index in [1.54, 1.807) is 0 Å². The van der Waals surface area contributed by atoms with Crippen LogP contribution >= 0.6 is 0 Å². The van der Waals surface area contributed by atoms with Crippen molar-refractivity contribution in [1.29, 1.82) is 0 Å². The van der Waals surface area contributed by atoms with Gasteiger partial charge in [0.05, 0.1) is 0 Å². The molecule has 0 N–H and O–H groups in total. The molecule has 0 spiro atoms. The maximum absolute atomic E-state index is 5.82. The summed E-state index contributed by atoms with van der Waals surface area (Å²) in [5.74, 6) is 8.71. The molecule has 0 aromatic heterocycles. The lowest BCUT2D eigenvalue weighted by molar-refractivity contribution is 0.131. The van der Waals surface area contributed by atoms with E-state index < -0.39 is 0 Å². The molecule has 0 radical (unpaired) electrons. The number of ether oxygens (including phenoxy) is 1. The Bertz CT molecular complexity index is 696. The lowest BCUT2D eigenvalue weighted by atomic mass is 10.0. The molecular formula is C20H18O. The minimum absolute atomic E-state index is 0.182. The van der Waals surface area contributed by atoms with Crippen molar-refractivity contribution in [2.45, 2.75) is 26.4 Å². The normalized spacial score (nSPS) is 10.2. The van der Waals surface area contributed by atoms with Gasteiger partial charge in [-0.25, -0.2) is 0 Å². The smallest absolute Gasteiger partial charge is 0.120 e. The monoisotopic (exact) mass is 274 g/mol. The van der Waals surface area contributed by atoms with E-state index in [2.05, 4.69) is 29.9 Å². The lowest BCUT2D eigenvalue weighted by Crippen LogP contribution is -2.22. The van der Waals surface area contributed by atoms with Crippen LogP contribution in [0, 0.1) is 24.2 Å². The summed E-state index contributed by atoms with van der Waals surface area (Å²) in [7, 11) is 0. The van der Waals surface area contributed by atoms with Gasteiger partial charge in [-0.05, 0) is 68.0 Å². The van der Waals surface area contributed by atoms with E-state index in [1.165, 1.54) is 0 Å². The number of terminal acetylenes is 1. The Morgan fingerprint density at radius 1 is 0.857 bits per heavy atom. The summed E-state index contributed by atoms with van der Waals surface area (Å²) >= 11 is 0. The summed E-state index contributed by atoms with van der Waals surface area (Å²) < 4.78 is 5.82. The standard InChI is InChI=1S/C20H18O/c1-5-6-7-16-8-10-17(11-9-16)18-12-14-19(15-13-18)21-20(2,3)4/h1,8-15H,2-4H3. The van der Waals surface area contributed by atoms with Gasteiger partial charge in [-0.15, -0.1) is 6.42 Å². The predicted octanol–water partition coefficient (Wildman–Crippen LogP) is 4.52. The quantitative estimate of drug-likeness (QED) is 0.732. The fraction of sp³-hybridized carbons (Fsp3) is 0.200. The largest absolute Gasteiger partial charge is 0.488 e. The summed E-state index contributed by atoms with van der Waals surface area (Å²) in [5.41, 5.74) is 3.03. The van der Waals surface area contributed by atoms with E-state index in [4.69, 9.17) is 11.2 Å². The van der Waals surface area contributed by atoms with Crippen LogP contribution in [0.4, 0.5) is 0 Å². The molecule has 2 aromatic carbocycles. The van der Waals surface area contributed by atoms with Crippen LogP contribution in [0.25, 0.3) is 11.1 Å². The van der Waals surface area contributed by atoms with Gasteiger partial charge in [0.1, 0.15) is 11.4 Å². The molecule has 0 saturated heterocycles. The highest BCUT2D eigenvalue weighted by Gasteiger charge is 2.11. The molecule has 0 aliphatic rings. The highest BCUT2D eigenvalue weighted by atomic mass is 16.5. The molecule has 0 saturated carbocycles. The average Bonchev–Trinajstić information content (AvgIpc) is 2.45. The molecule has 2 rings (SSSR count). The van der Waals surface area contributed by atoms with Crippen LogP contribution in [-0.4, -0.2) is 5.60 Å². The molecule has 0 amide bonds. The van der Waals surface area contributed by atoms with Crippen LogP contribution in [0.5, 0.6) is 5.75 Å². The van der Waals surface area contributed by atoms with Crippen LogP contribution in [0.1, 0.15) is 26.3 Å². The van der Waals surface area contributed by atoms with Crippen molar-refractivity contribution >= 4 is 0 Å². The Labute approximate surface area is 127 Å². The van der Waals surface area contributed by atoms with Gasteiger partial charge in [0.15, 0.2) is 0 Å². The molecule has 0 aliphatic heterocycles. The van der Waals surface area contributed by atoms with E-state index in [0.717, 1.165) is 22.4 Å². The van der Waals surface area contributed by atoms with Crippen molar-refractivity contribution in [2.75, 3.05) is 0 Å². The van der Waals surface area contributed by atoms with Crippen LogP contribution < -0.4 is 4.74 Å². The van der Waals surface area contributed by atoms with Gasteiger partial charge in [-0.3, -0.25) is 0 Å². The molecule has 1 heteroatoms. The zero-order valence-corrected chi connectivity index (χ0v) is 12.6. The van der Waals surface area contributed by atoms with Gasteiger partial charge in [0.25, 0.3) is 0 Å². The SMILES string of the molecule is C#CC#Cc1ccc(-c2ccc(OC(C)(C)C)cc2)cc1. The van der Waals surface area contributed by atoms with Crippen molar-refractivity contribution in [2.24, 2.45) is 0 Å². The maximum Gasteiger partial charge on any atom is 0.120 e. The Hall–Kier alpha value is -2.64. The van der Waals surface area contributed by atoms with Gasteiger partial charge >= 0.3 is 0 Å². The molecule has 2 aromatic rings. The summed E-state index contributed by atoms with van der Waals surface area (Å²) in [4.78, 5) is 0. The van der Waals surface area contributed by atoms with Crippen LogP contribution in [0.3, 0.4) is 0 Å². The van der Waals surface area contributed by atoms with E-state index in [-0.39, 0.29) is 5.60 Å². The van der Waals surface area contributed by atoms with Crippen LogP contribution in [0.15, 0.2) is 48.5 Å². The third-order valence-corrected chi connectivity index (χ3v) is 2.78. The third kappa shape index (κ3) is 4.44.